The third kappa shape index (κ3) is 3.13. The van der Waals surface area contributed by atoms with Crippen LogP contribution in [0.4, 0.5) is 0 Å². The average Bonchev–Trinajstić information content (AvgIpc) is 2.53. The van der Waals surface area contributed by atoms with E-state index in [0.717, 1.165) is 5.56 Å². The number of Topliss-reactive ketones (excluding diaryl/α,β-unsaturated/α-hetero) is 1. The van der Waals surface area contributed by atoms with Crippen LogP contribution in [0.3, 0.4) is 0 Å². The molecular weight excluding hydrogens is 250 g/mol. The predicted octanol–water partition coefficient (Wildman–Crippen LogP) is 2.85. The minimum Gasteiger partial charge on any atom is -0.375 e. The van der Waals surface area contributed by atoms with Gasteiger partial charge in [0.1, 0.15) is 12.1 Å². The summed E-state index contributed by atoms with van der Waals surface area (Å²) in [5.41, 5.74) is 1.67. The lowest BCUT2D eigenvalue weighted by molar-refractivity contribution is 0.0565. The second-order valence-electron chi connectivity index (χ2n) is 4.56. The Labute approximate surface area is 119 Å². The highest BCUT2D eigenvalue weighted by Gasteiger charge is 2.28. The van der Waals surface area contributed by atoms with Crippen LogP contribution in [-0.2, 0) is 4.74 Å². The van der Waals surface area contributed by atoms with Gasteiger partial charge in [-0.3, -0.25) is 4.79 Å². The van der Waals surface area contributed by atoms with Gasteiger partial charge in [0.15, 0.2) is 5.78 Å². The van der Waals surface area contributed by atoms with E-state index in [1.165, 1.54) is 0 Å². The molecule has 0 aliphatic carbocycles. The molecule has 1 N–H and O–H groups in total. The molecule has 0 bridgehead atoms. The van der Waals surface area contributed by atoms with Crippen molar-refractivity contribution < 1.29 is 9.53 Å². The van der Waals surface area contributed by atoms with E-state index < -0.39 is 6.04 Å². The van der Waals surface area contributed by atoms with Crippen LogP contribution in [-0.4, -0.2) is 26.0 Å². The Bertz CT molecular complexity index is 539. The monoisotopic (exact) mass is 269 g/mol. The minimum atomic E-state index is -0.412. The van der Waals surface area contributed by atoms with Crippen molar-refractivity contribution in [3.63, 3.8) is 0 Å². The van der Waals surface area contributed by atoms with Crippen molar-refractivity contribution in [2.24, 2.45) is 0 Å². The number of hydrogen-bond acceptors (Lipinski definition) is 3. The zero-order valence-electron chi connectivity index (χ0n) is 11.7. The number of hydrogen-bond donors (Lipinski definition) is 1. The normalized spacial score (nSPS) is 13.7. The SMILES string of the molecule is CN[C@@H](C(=O)c1ccccc1)[C@@H](OC)c1ccccc1. The maximum Gasteiger partial charge on any atom is 0.182 e. The fourth-order valence-corrected chi connectivity index (χ4v) is 2.31. The lowest BCUT2D eigenvalue weighted by atomic mass is 9.95. The Morgan fingerprint density at radius 3 is 2.05 bits per heavy atom. The summed E-state index contributed by atoms with van der Waals surface area (Å²) in [6.45, 7) is 0. The molecule has 0 radical (unpaired) electrons. The molecule has 2 atom stereocenters. The van der Waals surface area contributed by atoms with Crippen LogP contribution in [0.1, 0.15) is 22.0 Å². The predicted molar refractivity (Wildman–Crippen MR) is 79.8 cm³/mol. The standard InChI is InChI=1S/C17H19NO2/c1-18-15(16(19)13-9-5-3-6-10-13)17(20-2)14-11-7-4-8-12-14/h3-12,15,17-18H,1-2H3/t15-,17-/m0/s1. The third-order valence-corrected chi connectivity index (χ3v) is 3.34. The van der Waals surface area contributed by atoms with Crippen molar-refractivity contribution in [2.75, 3.05) is 14.2 Å². The van der Waals surface area contributed by atoms with Crippen LogP contribution in [0.15, 0.2) is 60.7 Å². The largest absolute Gasteiger partial charge is 0.375 e. The van der Waals surface area contributed by atoms with Gasteiger partial charge in [-0.05, 0) is 12.6 Å². The van der Waals surface area contributed by atoms with Gasteiger partial charge < -0.3 is 10.1 Å². The molecule has 0 saturated carbocycles. The summed E-state index contributed by atoms with van der Waals surface area (Å²) in [7, 11) is 3.40. The molecule has 0 heterocycles. The molecule has 0 unspecified atom stereocenters. The molecule has 0 amide bonds. The second-order valence-corrected chi connectivity index (χ2v) is 4.56. The first-order valence-corrected chi connectivity index (χ1v) is 6.62. The lowest BCUT2D eigenvalue weighted by Crippen LogP contribution is -2.40. The summed E-state index contributed by atoms with van der Waals surface area (Å²) in [4.78, 5) is 12.6. The molecule has 0 aromatic heterocycles. The molecule has 0 fully saturated rings. The number of carbonyl (C=O) groups excluding carboxylic acids is 1. The number of likely N-dealkylation sites (N-methyl/N-ethyl adjacent to an activating group) is 1. The second kappa shape index (κ2) is 6.98. The van der Waals surface area contributed by atoms with Crippen molar-refractivity contribution >= 4 is 5.78 Å². The van der Waals surface area contributed by atoms with E-state index in [0.29, 0.717) is 5.56 Å². The van der Waals surface area contributed by atoms with Crippen molar-refractivity contribution in [3.8, 4) is 0 Å². The number of methoxy groups -OCH3 is 1. The van der Waals surface area contributed by atoms with Gasteiger partial charge in [0, 0.05) is 12.7 Å². The highest BCUT2D eigenvalue weighted by atomic mass is 16.5. The van der Waals surface area contributed by atoms with E-state index in [2.05, 4.69) is 5.32 Å². The number of rotatable bonds is 6. The molecule has 20 heavy (non-hydrogen) atoms. The maximum atomic E-state index is 12.6. The van der Waals surface area contributed by atoms with Crippen LogP contribution in [0.5, 0.6) is 0 Å². The summed E-state index contributed by atoms with van der Waals surface area (Å²) in [5, 5.41) is 3.08. The Morgan fingerprint density at radius 2 is 1.55 bits per heavy atom. The molecule has 2 rings (SSSR count). The van der Waals surface area contributed by atoms with E-state index in [1.54, 1.807) is 14.2 Å². The first-order valence-electron chi connectivity index (χ1n) is 6.62. The van der Waals surface area contributed by atoms with Crippen LogP contribution >= 0.6 is 0 Å². The fraction of sp³-hybridized carbons (Fsp3) is 0.235. The van der Waals surface area contributed by atoms with Gasteiger partial charge in [0.05, 0.1) is 0 Å². The van der Waals surface area contributed by atoms with E-state index in [9.17, 15) is 4.79 Å². The molecule has 104 valence electrons. The number of nitrogens with one attached hydrogen (secondary N) is 1. The van der Waals surface area contributed by atoms with Gasteiger partial charge in [0.2, 0.25) is 0 Å². The molecule has 0 aliphatic rings. The smallest absolute Gasteiger partial charge is 0.182 e. The lowest BCUT2D eigenvalue weighted by Gasteiger charge is -2.25. The van der Waals surface area contributed by atoms with E-state index >= 15 is 0 Å². The number of ketones is 1. The molecular formula is C17H19NO2. The Kier molecular flexibility index (Phi) is 5.04. The number of carbonyl (C=O) groups is 1. The van der Waals surface area contributed by atoms with Gasteiger partial charge >= 0.3 is 0 Å². The zero-order valence-corrected chi connectivity index (χ0v) is 11.7. The van der Waals surface area contributed by atoms with Gasteiger partial charge in [0.25, 0.3) is 0 Å². The van der Waals surface area contributed by atoms with Crippen LogP contribution in [0.2, 0.25) is 0 Å². The van der Waals surface area contributed by atoms with Gasteiger partial charge in [-0.15, -0.1) is 0 Å². The molecule has 2 aromatic rings. The first kappa shape index (κ1) is 14.4. The van der Waals surface area contributed by atoms with Crippen molar-refractivity contribution in [1.29, 1.82) is 0 Å². The summed E-state index contributed by atoms with van der Waals surface area (Å²) in [5.74, 6) is 0.0313. The Hall–Kier alpha value is -1.97. The molecule has 2 aromatic carbocycles. The van der Waals surface area contributed by atoms with Gasteiger partial charge in [-0.25, -0.2) is 0 Å². The summed E-state index contributed by atoms with van der Waals surface area (Å²) < 4.78 is 5.55. The Balaban J connectivity index is 2.29. The number of benzene rings is 2. The van der Waals surface area contributed by atoms with E-state index in [4.69, 9.17) is 4.74 Å². The first-order chi connectivity index (χ1) is 9.77. The van der Waals surface area contributed by atoms with Crippen LogP contribution in [0, 0.1) is 0 Å². The number of ether oxygens (including phenoxy) is 1. The van der Waals surface area contributed by atoms with Crippen molar-refractivity contribution in [3.05, 3.63) is 71.8 Å². The molecule has 0 aliphatic heterocycles. The van der Waals surface area contributed by atoms with E-state index in [-0.39, 0.29) is 11.9 Å². The average molecular weight is 269 g/mol. The van der Waals surface area contributed by atoms with Crippen molar-refractivity contribution in [2.45, 2.75) is 12.1 Å². The van der Waals surface area contributed by atoms with Gasteiger partial charge in [-0.1, -0.05) is 60.7 Å². The Morgan fingerprint density at radius 1 is 1.00 bits per heavy atom. The van der Waals surface area contributed by atoms with Gasteiger partial charge in [-0.2, -0.15) is 0 Å². The van der Waals surface area contributed by atoms with Crippen LogP contribution in [0.25, 0.3) is 0 Å². The van der Waals surface area contributed by atoms with Crippen LogP contribution < -0.4 is 5.32 Å². The zero-order chi connectivity index (χ0) is 14.4. The maximum absolute atomic E-state index is 12.6. The summed E-state index contributed by atoms with van der Waals surface area (Å²) in [6, 6.07) is 18.6. The summed E-state index contributed by atoms with van der Waals surface area (Å²) >= 11 is 0. The topological polar surface area (TPSA) is 38.3 Å². The van der Waals surface area contributed by atoms with E-state index in [1.807, 2.05) is 60.7 Å². The fourth-order valence-electron chi connectivity index (χ4n) is 2.31. The molecule has 3 heteroatoms. The highest BCUT2D eigenvalue weighted by Crippen LogP contribution is 2.23. The highest BCUT2D eigenvalue weighted by molar-refractivity contribution is 6.00. The quantitative estimate of drug-likeness (QED) is 0.819. The van der Waals surface area contributed by atoms with Crippen molar-refractivity contribution in [1.82, 2.24) is 5.32 Å². The molecule has 0 saturated heterocycles. The minimum absolute atomic E-state index is 0.0313. The summed E-state index contributed by atoms with van der Waals surface area (Å²) in [6.07, 6.45) is -0.311. The third-order valence-electron chi connectivity index (χ3n) is 3.34. The molecule has 0 spiro atoms. The molecule has 3 nitrogen and oxygen atoms in total.